The molecular weight excluding hydrogens is 631 g/mol. The fourth-order valence-electron chi connectivity index (χ4n) is 5.99. The number of nitrogens with one attached hydrogen (secondary N) is 1. The molecule has 51 heavy (non-hydrogen) atoms. The third kappa shape index (κ3) is 9.02. The monoisotopic (exact) mass is 671 g/mol. The van der Waals surface area contributed by atoms with Gasteiger partial charge >= 0.3 is 0 Å². The van der Waals surface area contributed by atoms with E-state index < -0.39 is 5.91 Å². The molecule has 5 aromatic carbocycles. The lowest BCUT2D eigenvalue weighted by molar-refractivity contribution is 0.0998. The molecule has 0 atom stereocenters. The van der Waals surface area contributed by atoms with Crippen LogP contribution in [0.25, 0.3) is 32.9 Å². The lowest BCUT2D eigenvalue weighted by atomic mass is 9.99. The van der Waals surface area contributed by atoms with Gasteiger partial charge in [-0.1, -0.05) is 105 Å². The molecule has 0 fully saturated rings. The Morgan fingerprint density at radius 2 is 1.31 bits per heavy atom. The van der Waals surface area contributed by atoms with Crippen molar-refractivity contribution in [2.75, 3.05) is 16.8 Å². The summed E-state index contributed by atoms with van der Waals surface area (Å²) in [5.41, 5.74) is 13.2. The first-order valence-electron chi connectivity index (χ1n) is 17.3. The highest BCUT2D eigenvalue weighted by Gasteiger charge is 2.12. The standard InChI is InChI=1S/C28H29N3O.C16H12N2O/c1-2-3-9-18-31(21-22-10-5-4-6-11-22)26-16-14-23(15-17-26)28(32)30-25-19-24-12-7-8-13-27(24)29-20-25;17-16(19)14-7-3-2-6-13(14)12-9-11-5-1-4-8-15(11)18-10-12/h4-8,10-17,19-20H,2-3,9,18,21H2,1H3,(H,30,32);1-10H,(H2,17,19). The maximum atomic E-state index is 12.8. The Labute approximate surface area is 298 Å². The fourth-order valence-corrected chi connectivity index (χ4v) is 5.99. The summed E-state index contributed by atoms with van der Waals surface area (Å²) in [6.45, 7) is 4.08. The summed E-state index contributed by atoms with van der Waals surface area (Å²) in [6, 6.07) is 45.4. The zero-order valence-electron chi connectivity index (χ0n) is 28.7. The highest BCUT2D eigenvalue weighted by Crippen LogP contribution is 2.26. The molecule has 0 radical (unpaired) electrons. The van der Waals surface area contributed by atoms with Crippen molar-refractivity contribution in [3.05, 3.63) is 169 Å². The number of unbranched alkanes of at least 4 members (excludes halogenated alkanes) is 2. The van der Waals surface area contributed by atoms with E-state index in [2.05, 4.69) is 51.4 Å². The molecule has 7 nitrogen and oxygen atoms in total. The number of anilines is 2. The topological polar surface area (TPSA) is 101 Å². The quantitative estimate of drug-likeness (QED) is 0.133. The Kier molecular flexibility index (Phi) is 11.4. The van der Waals surface area contributed by atoms with Gasteiger partial charge in [0, 0.05) is 52.4 Å². The second-order valence-corrected chi connectivity index (χ2v) is 12.4. The lowest BCUT2D eigenvalue weighted by Gasteiger charge is -2.25. The van der Waals surface area contributed by atoms with Gasteiger partial charge in [0.05, 0.1) is 22.9 Å². The zero-order valence-corrected chi connectivity index (χ0v) is 28.7. The minimum Gasteiger partial charge on any atom is -0.367 e. The third-order valence-corrected chi connectivity index (χ3v) is 8.68. The molecule has 0 aliphatic rings. The van der Waals surface area contributed by atoms with Crippen molar-refractivity contribution >= 4 is 45.0 Å². The molecule has 254 valence electrons. The molecular formula is C44H41N5O2. The minimum atomic E-state index is -0.427. The second-order valence-electron chi connectivity index (χ2n) is 12.4. The number of para-hydroxylation sites is 2. The maximum Gasteiger partial charge on any atom is 0.255 e. The van der Waals surface area contributed by atoms with E-state index in [1.165, 1.54) is 18.4 Å². The van der Waals surface area contributed by atoms with Gasteiger partial charge in [-0.05, 0) is 72.1 Å². The van der Waals surface area contributed by atoms with Crippen molar-refractivity contribution in [3.8, 4) is 11.1 Å². The number of hydrogen-bond donors (Lipinski definition) is 2. The molecule has 2 heterocycles. The molecule has 7 rings (SSSR count). The Bertz CT molecular complexity index is 2240. The number of carbonyl (C=O) groups excluding carboxylic acids is 2. The van der Waals surface area contributed by atoms with E-state index in [0.29, 0.717) is 16.8 Å². The Morgan fingerprint density at radius 3 is 2.02 bits per heavy atom. The van der Waals surface area contributed by atoms with Gasteiger partial charge in [-0.25, -0.2) is 0 Å². The molecule has 3 N–H and O–H groups in total. The SMILES string of the molecule is CCCCCN(Cc1ccccc1)c1ccc(C(=O)Nc2cnc3ccccc3c2)cc1.NC(=O)c1ccccc1-c1cnc2ccccc2c1. The molecule has 0 bridgehead atoms. The van der Waals surface area contributed by atoms with Crippen molar-refractivity contribution in [1.29, 1.82) is 0 Å². The number of benzene rings is 5. The summed E-state index contributed by atoms with van der Waals surface area (Å²) in [5.74, 6) is -0.557. The van der Waals surface area contributed by atoms with Crippen LogP contribution in [0.2, 0.25) is 0 Å². The first-order valence-corrected chi connectivity index (χ1v) is 17.3. The smallest absolute Gasteiger partial charge is 0.255 e. The molecule has 2 aromatic heterocycles. The maximum absolute atomic E-state index is 12.8. The van der Waals surface area contributed by atoms with Gasteiger partial charge in [0.25, 0.3) is 5.91 Å². The number of nitrogens with two attached hydrogens (primary N) is 1. The number of pyridine rings is 2. The number of hydrogen-bond acceptors (Lipinski definition) is 5. The Morgan fingerprint density at radius 1 is 0.686 bits per heavy atom. The van der Waals surface area contributed by atoms with Crippen LogP contribution in [0.15, 0.2) is 152 Å². The average Bonchev–Trinajstić information content (AvgIpc) is 3.18. The van der Waals surface area contributed by atoms with Crippen LogP contribution in [0.4, 0.5) is 11.4 Å². The number of amides is 2. The molecule has 0 saturated heterocycles. The highest BCUT2D eigenvalue weighted by molar-refractivity contribution is 6.05. The summed E-state index contributed by atoms with van der Waals surface area (Å²) in [5, 5.41) is 5.01. The van der Waals surface area contributed by atoms with Gasteiger partial charge in [-0.3, -0.25) is 19.6 Å². The molecule has 0 unspecified atom stereocenters. The van der Waals surface area contributed by atoms with Gasteiger partial charge in [-0.15, -0.1) is 0 Å². The second kappa shape index (κ2) is 16.9. The summed E-state index contributed by atoms with van der Waals surface area (Å²) in [6.07, 6.45) is 7.03. The molecule has 0 spiro atoms. The zero-order chi connectivity index (χ0) is 35.4. The van der Waals surface area contributed by atoms with Crippen LogP contribution in [0, 0.1) is 0 Å². The number of primary amides is 1. The minimum absolute atomic E-state index is 0.130. The first-order chi connectivity index (χ1) is 25.0. The molecule has 7 aromatic rings. The van der Waals surface area contributed by atoms with Gasteiger partial charge in [0.1, 0.15) is 0 Å². The van der Waals surface area contributed by atoms with Gasteiger partial charge in [0.15, 0.2) is 0 Å². The number of nitrogens with zero attached hydrogens (tertiary/aromatic N) is 3. The third-order valence-electron chi connectivity index (χ3n) is 8.68. The number of aromatic nitrogens is 2. The van der Waals surface area contributed by atoms with E-state index in [1.807, 2.05) is 103 Å². The van der Waals surface area contributed by atoms with Crippen molar-refractivity contribution in [1.82, 2.24) is 9.97 Å². The predicted molar refractivity (Wildman–Crippen MR) is 209 cm³/mol. The van der Waals surface area contributed by atoms with Crippen LogP contribution in [0.3, 0.4) is 0 Å². The number of fused-ring (bicyclic) bond motifs is 2. The van der Waals surface area contributed by atoms with E-state index in [1.54, 1.807) is 24.5 Å². The van der Waals surface area contributed by atoms with Crippen LogP contribution in [-0.4, -0.2) is 28.3 Å². The van der Waals surface area contributed by atoms with Crippen molar-refractivity contribution < 1.29 is 9.59 Å². The number of carbonyl (C=O) groups is 2. The molecule has 0 aliphatic carbocycles. The average molecular weight is 672 g/mol. The Balaban J connectivity index is 0.000000200. The van der Waals surface area contributed by atoms with Crippen molar-refractivity contribution in [2.45, 2.75) is 32.7 Å². The molecule has 0 aliphatic heterocycles. The Hall–Kier alpha value is -6.34. The first kappa shape index (κ1) is 34.5. The highest BCUT2D eigenvalue weighted by atomic mass is 16.2. The van der Waals surface area contributed by atoms with Gasteiger partial charge in [0.2, 0.25) is 5.91 Å². The van der Waals surface area contributed by atoms with E-state index >= 15 is 0 Å². The van der Waals surface area contributed by atoms with Gasteiger partial charge < -0.3 is 16.0 Å². The van der Waals surface area contributed by atoms with Crippen LogP contribution < -0.4 is 16.0 Å². The largest absolute Gasteiger partial charge is 0.367 e. The summed E-state index contributed by atoms with van der Waals surface area (Å²) >= 11 is 0. The fraction of sp³-hybridized carbons (Fsp3) is 0.136. The van der Waals surface area contributed by atoms with E-state index in [4.69, 9.17) is 5.73 Å². The van der Waals surface area contributed by atoms with Crippen LogP contribution in [0.1, 0.15) is 52.5 Å². The molecule has 7 heteroatoms. The van der Waals surface area contributed by atoms with E-state index in [9.17, 15) is 9.59 Å². The number of rotatable bonds is 11. The predicted octanol–water partition coefficient (Wildman–Crippen LogP) is 9.68. The van der Waals surface area contributed by atoms with Crippen molar-refractivity contribution in [2.24, 2.45) is 5.73 Å². The summed E-state index contributed by atoms with van der Waals surface area (Å²) < 4.78 is 0. The van der Waals surface area contributed by atoms with Crippen LogP contribution in [-0.2, 0) is 6.54 Å². The van der Waals surface area contributed by atoms with Crippen LogP contribution >= 0.6 is 0 Å². The van der Waals surface area contributed by atoms with Gasteiger partial charge in [-0.2, -0.15) is 0 Å². The van der Waals surface area contributed by atoms with Crippen LogP contribution in [0.5, 0.6) is 0 Å². The van der Waals surface area contributed by atoms with Crippen molar-refractivity contribution in [3.63, 3.8) is 0 Å². The van der Waals surface area contributed by atoms with E-state index in [-0.39, 0.29) is 5.91 Å². The normalized spacial score (nSPS) is 10.7. The molecule has 0 saturated carbocycles. The summed E-state index contributed by atoms with van der Waals surface area (Å²) in [4.78, 5) is 35.5. The lowest BCUT2D eigenvalue weighted by Crippen LogP contribution is -2.24. The van der Waals surface area contributed by atoms with E-state index in [0.717, 1.165) is 58.1 Å². The summed E-state index contributed by atoms with van der Waals surface area (Å²) in [7, 11) is 0. The molecule has 2 amide bonds.